The first-order chi connectivity index (χ1) is 15.6. The number of aliphatic hydroxyl groups is 1. The fourth-order valence-electron chi connectivity index (χ4n) is 5.88. The molecule has 0 fully saturated rings. The van der Waals surface area contributed by atoms with Gasteiger partial charge in [0.1, 0.15) is 5.60 Å². The maximum atomic E-state index is 12.6. The van der Waals surface area contributed by atoms with Gasteiger partial charge in [0, 0.05) is 0 Å². The molecule has 0 aliphatic heterocycles. The third-order valence-corrected chi connectivity index (χ3v) is 14.2. The molecule has 0 heterocycles. The largest absolute Gasteiger partial charge is 0.411 e. The second-order valence-corrected chi connectivity index (χ2v) is 18.5. The summed E-state index contributed by atoms with van der Waals surface area (Å²) in [5, 5.41) is 12.3. The van der Waals surface area contributed by atoms with Crippen LogP contribution >= 0.6 is 0 Å². The maximum absolute atomic E-state index is 12.6. The minimum Gasteiger partial charge on any atom is -0.411 e. The van der Waals surface area contributed by atoms with Gasteiger partial charge in [-0.1, -0.05) is 109 Å². The van der Waals surface area contributed by atoms with E-state index in [4.69, 9.17) is 4.43 Å². The van der Waals surface area contributed by atoms with Crippen molar-refractivity contribution >= 4 is 18.3 Å². The lowest BCUT2D eigenvalue weighted by atomic mass is 9.78. The van der Waals surface area contributed by atoms with Gasteiger partial charge in [0.15, 0.2) is 0 Å². The molecular weight excluding hydrogens is 462 g/mol. The fraction of sp³-hybridized carbons (Fsp3) is 0.556. The van der Waals surface area contributed by atoms with E-state index in [2.05, 4.69) is 53.2 Å². The SMILES string of the molecule is CC(O[Si](C(C)C)(C(C)C)C(C)(C)C)C(NS(C)(=O)=O)C(O)(c1ccccc1)c1ccccc1. The van der Waals surface area contributed by atoms with Gasteiger partial charge in [0.2, 0.25) is 18.3 Å². The van der Waals surface area contributed by atoms with Crippen LogP contribution in [0.15, 0.2) is 60.7 Å². The topological polar surface area (TPSA) is 75.6 Å². The molecule has 2 rings (SSSR count). The van der Waals surface area contributed by atoms with Crippen molar-refractivity contribution in [3.63, 3.8) is 0 Å². The quantitative estimate of drug-likeness (QED) is 0.400. The van der Waals surface area contributed by atoms with Gasteiger partial charge in [-0.15, -0.1) is 0 Å². The lowest BCUT2D eigenvalue weighted by Gasteiger charge is -2.52. The third kappa shape index (κ3) is 5.82. The Morgan fingerprint density at radius 2 is 1.21 bits per heavy atom. The van der Waals surface area contributed by atoms with E-state index >= 15 is 0 Å². The first-order valence-electron chi connectivity index (χ1n) is 12.1. The Bertz CT molecular complexity index is 970. The standard InChI is InChI=1S/C27H43NO4SSi/c1-20(2)34(21(3)4,26(6,7)8)32-22(5)25(28-33(9,30)31)27(29,23-16-12-10-13-17-23)24-18-14-11-15-19-24/h10-22,25,28-29H,1-9H3. The van der Waals surface area contributed by atoms with Crippen molar-refractivity contribution in [2.24, 2.45) is 0 Å². The lowest BCUT2D eigenvalue weighted by Crippen LogP contribution is -2.62. The summed E-state index contributed by atoms with van der Waals surface area (Å²) in [6.45, 7) is 17.3. The van der Waals surface area contributed by atoms with Crippen LogP contribution in [0.1, 0.15) is 66.5 Å². The van der Waals surface area contributed by atoms with Crippen molar-refractivity contribution in [2.75, 3.05) is 6.26 Å². The first kappa shape index (κ1) is 28.7. The van der Waals surface area contributed by atoms with Gasteiger partial charge in [0.25, 0.3) is 0 Å². The molecule has 0 bridgehead atoms. The van der Waals surface area contributed by atoms with Crippen molar-refractivity contribution in [3.05, 3.63) is 71.8 Å². The highest BCUT2D eigenvalue weighted by molar-refractivity contribution is 7.88. The van der Waals surface area contributed by atoms with Gasteiger partial charge in [-0.3, -0.25) is 0 Å². The molecule has 2 aromatic carbocycles. The molecular formula is C27H43NO4SSi. The molecule has 0 amide bonds. The van der Waals surface area contributed by atoms with Crippen LogP contribution < -0.4 is 4.72 Å². The summed E-state index contributed by atoms with van der Waals surface area (Å²) in [4.78, 5) is 0. The van der Waals surface area contributed by atoms with Gasteiger partial charge in [-0.25, -0.2) is 13.1 Å². The second kappa shape index (κ2) is 10.6. The van der Waals surface area contributed by atoms with E-state index in [1.165, 1.54) is 0 Å². The van der Waals surface area contributed by atoms with Crippen LogP contribution in [0.25, 0.3) is 0 Å². The van der Waals surface area contributed by atoms with E-state index in [0.29, 0.717) is 11.1 Å². The average Bonchev–Trinajstić information content (AvgIpc) is 2.74. The molecule has 0 aliphatic rings. The molecule has 34 heavy (non-hydrogen) atoms. The Morgan fingerprint density at radius 1 is 0.824 bits per heavy atom. The van der Waals surface area contributed by atoms with Gasteiger partial charge in [0.05, 0.1) is 18.4 Å². The predicted molar refractivity (Wildman–Crippen MR) is 144 cm³/mol. The molecule has 2 unspecified atom stereocenters. The van der Waals surface area contributed by atoms with Crippen molar-refractivity contribution in [3.8, 4) is 0 Å². The van der Waals surface area contributed by atoms with Crippen LogP contribution in [-0.2, 0) is 20.1 Å². The summed E-state index contributed by atoms with van der Waals surface area (Å²) in [7, 11) is -6.15. The van der Waals surface area contributed by atoms with Crippen molar-refractivity contribution in [1.29, 1.82) is 0 Å². The minimum atomic E-state index is -3.67. The van der Waals surface area contributed by atoms with E-state index in [1.54, 1.807) is 0 Å². The van der Waals surface area contributed by atoms with Gasteiger partial charge < -0.3 is 9.53 Å². The number of sulfonamides is 1. The molecule has 2 atom stereocenters. The zero-order valence-electron chi connectivity index (χ0n) is 22.2. The van der Waals surface area contributed by atoms with E-state index in [1.807, 2.05) is 67.6 Å². The Labute approximate surface area is 208 Å². The molecule has 0 aliphatic carbocycles. The molecule has 0 aromatic heterocycles. The summed E-state index contributed by atoms with van der Waals surface area (Å²) in [6.07, 6.45) is 0.526. The number of nitrogens with one attached hydrogen (secondary N) is 1. The van der Waals surface area contributed by atoms with Crippen LogP contribution in [0.5, 0.6) is 0 Å². The molecule has 0 saturated carbocycles. The molecule has 190 valence electrons. The Hall–Kier alpha value is -1.51. The van der Waals surface area contributed by atoms with Crippen LogP contribution in [0.2, 0.25) is 16.1 Å². The average molecular weight is 506 g/mol. The second-order valence-electron chi connectivity index (χ2n) is 11.0. The molecule has 0 saturated heterocycles. The molecule has 0 radical (unpaired) electrons. The first-order valence-corrected chi connectivity index (χ1v) is 16.0. The molecule has 5 nitrogen and oxygen atoms in total. The van der Waals surface area contributed by atoms with E-state index in [0.717, 1.165) is 6.26 Å². The third-order valence-electron chi connectivity index (χ3n) is 6.96. The Morgan fingerprint density at radius 3 is 1.50 bits per heavy atom. The number of benzene rings is 2. The number of hydrogen-bond donors (Lipinski definition) is 2. The summed E-state index contributed by atoms with van der Waals surface area (Å²) >= 11 is 0. The smallest absolute Gasteiger partial charge is 0.209 e. The Kier molecular flexibility index (Phi) is 8.97. The summed E-state index contributed by atoms with van der Waals surface area (Å²) in [5.74, 6) is 0. The van der Waals surface area contributed by atoms with Crippen molar-refractivity contribution in [2.45, 2.75) is 89.3 Å². The van der Waals surface area contributed by atoms with E-state index in [9.17, 15) is 13.5 Å². The summed E-state index contributed by atoms with van der Waals surface area (Å²) < 4.78 is 35.1. The zero-order valence-corrected chi connectivity index (χ0v) is 24.0. The highest BCUT2D eigenvalue weighted by atomic mass is 32.2. The minimum absolute atomic E-state index is 0.100. The highest BCUT2D eigenvalue weighted by Crippen LogP contribution is 2.52. The van der Waals surface area contributed by atoms with E-state index < -0.39 is 36.1 Å². The number of rotatable bonds is 10. The normalized spacial score (nSPS) is 15.5. The fourth-order valence-corrected chi connectivity index (χ4v) is 13.2. The maximum Gasteiger partial charge on any atom is 0.209 e. The monoisotopic (exact) mass is 505 g/mol. The van der Waals surface area contributed by atoms with Crippen molar-refractivity contribution in [1.82, 2.24) is 4.72 Å². The lowest BCUT2D eigenvalue weighted by molar-refractivity contribution is -0.00481. The molecule has 2 N–H and O–H groups in total. The highest BCUT2D eigenvalue weighted by Gasteiger charge is 2.55. The molecule has 2 aromatic rings. The van der Waals surface area contributed by atoms with Crippen LogP contribution in [0, 0.1) is 0 Å². The summed E-state index contributed by atoms with van der Waals surface area (Å²) in [6, 6.07) is 17.5. The predicted octanol–water partition coefficient (Wildman–Crippen LogP) is 5.81. The number of hydrogen-bond acceptors (Lipinski definition) is 4. The van der Waals surface area contributed by atoms with Gasteiger partial charge >= 0.3 is 0 Å². The van der Waals surface area contributed by atoms with Gasteiger partial charge in [-0.05, 0) is 34.2 Å². The van der Waals surface area contributed by atoms with Crippen LogP contribution in [-0.4, -0.2) is 40.2 Å². The summed E-state index contributed by atoms with van der Waals surface area (Å²) in [5.41, 5.74) is 0.146. The molecule has 0 spiro atoms. The zero-order chi connectivity index (χ0) is 25.9. The van der Waals surface area contributed by atoms with E-state index in [-0.39, 0.29) is 16.1 Å². The Balaban J connectivity index is 2.76. The van der Waals surface area contributed by atoms with Crippen LogP contribution in [0.4, 0.5) is 0 Å². The van der Waals surface area contributed by atoms with Gasteiger partial charge in [-0.2, -0.15) is 0 Å². The van der Waals surface area contributed by atoms with Crippen LogP contribution in [0.3, 0.4) is 0 Å². The van der Waals surface area contributed by atoms with Crippen molar-refractivity contribution < 1.29 is 18.0 Å². The molecule has 7 heteroatoms.